The number of ketones is 1. The molecule has 0 bridgehead atoms. The quantitative estimate of drug-likeness (QED) is 0.634. The summed E-state index contributed by atoms with van der Waals surface area (Å²) >= 11 is 9.28. The summed E-state index contributed by atoms with van der Waals surface area (Å²) < 4.78 is 0.727. The van der Waals surface area contributed by atoms with Crippen molar-refractivity contribution in [1.82, 2.24) is 0 Å². The van der Waals surface area contributed by atoms with Crippen molar-refractivity contribution in [2.45, 2.75) is 26.2 Å². The van der Waals surface area contributed by atoms with Crippen molar-refractivity contribution in [3.8, 4) is 0 Å². The van der Waals surface area contributed by atoms with E-state index in [1.807, 2.05) is 24.3 Å². The number of rotatable bonds is 5. The second-order valence-corrected chi connectivity index (χ2v) is 6.04. The molecule has 0 fully saturated rings. The molecule has 3 heteroatoms. The molecule has 0 radical (unpaired) electrons. The van der Waals surface area contributed by atoms with Crippen LogP contribution in [0.5, 0.6) is 0 Å². The monoisotopic (exact) mass is 350 g/mol. The Balaban J connectivity index is 2.20. The van der Waals surface area contributed by atoms with Crippen molar-refractivity contribution in [3.63, 3.8) is 0 Å². The van der Waals surface area contributed by atoms with Crippen LogP contribution in [0.1, 0.15) is 41.3 Å². The third-order valence-electron chi connectivity index (χ3n) is 3.21. The van der Waals surface area contributed by atoms with Gasteiger partial charge in [0.05, 0.1) is 0 Å². The van der Waals surface area contributed by atoms with Crippen LogP contribution < -0.4 is 0 Å². The standard InChI is InChI=1S/C17H16BrClO/c1-2-3-4-12-5-7-13(8-6-12)17(20)15-10-9-14(19)11-16(15)18/h5-11H,2-4H2,1H3. The summed E-state index contributed by atoms with van der Waals surface area (Å²) in [6.45, 7) is 2.18. The van der Waals surface area contributed by atoms with E-state index >= 15 is 0 Å². The van der Waals surface area contributed by atoms with Gasteiger partial charge in [0.15, 0.2) is 5.78 Å². The molecule has 1 nitrogen and oxygen atoms in total. The maximum atomic E-state index is 12.4. The fourth-order valence-electron chi connectivity index (χ4n) is 2.03. The maximum absolute atomic E-state index is 12.4. The van der Waals surface area contributed by atoms with Crippen molar-refractivity contribution in [2.24, 2.45) is 0 Å². The van der Waals surface area contributed by atoms with E-state index in [4.69, 9.17) is 11.6 Å². The molecule has 0 saturated carbocycles. The molecule has 0 N–H and O–H groups in total. The second-order valence-electron chi connectivity index (χ2n) is 4.75. The fourth-order valence-corrected chi connectivity index (χ4v) is 2.90. The molecule has 2 rings (SSSR count). The highest BCUT2D eigenvalue weighted by Crippen LogP contribution is 2.24. The average molecular weight is 352 g/mol. The minimum Gasteiger partial charge on any atom is -0.289 e. The molecule has 104 valence electrons. The first kappa shape index (κ1) is 15.3. The average Bonchev–Trinajstić information content (AvgIpc) is 2.45. The van der Waals surface area contributed by atoms with Crippen LogP contribution in [0.15, 0.2) is 46.9 Å². The summed E-state index contributed by atoms with van der Waals surface area (Å²) in [5.41, 5.74) is 2.61. The highest BCUT2D eigenvalue weighted by molar-refractivity contribution is 9.10. The lowest BCUT2D eigenvalue weighted by molar-refractivity contribution is 0.103. The van der Waals surface area contributed by atoms with E-state index in [0.29, 0.717) is 16.1 Å². The Morgan fingerprint density at radius 3 is 2.45 bits per heavy atom. The molecule has 0 aliphatic rings. The van der Waals surface area contributed by atoms with Crippen LogP contribution in [0.3, 0.4) is 0 Å². The minimum absolute atomic E-state index is 0.00980. The van der Waals surface area contributed by atoms with Gasteiger partial charge in [-0.2, -0.15) is 0 Å². The minimum atomic E-state index is 0.00980. The number of carbonyl (C=O) groups excluding carboxylic acids is 1. The van der Waals surface area contributed by atoms with Gasteiger partial charge >= 0.3 is 0 Å². The summed E-state index contributed by atoms with van der Waals surface area (Å²) in [6.07, 6.45) is 3.42. The summed E-state index contributed by atoms with van der Waals surface area (Å²) in [7, 11) is 0. The van der Waals surface area contributed by atoms with Crippen molar-refractivity contribution >= 4 is 33.3 Å². The molecule has 0 aliphatic heterocycles. The largest absolute Gasteiger partial charge is 0.289 e. The summed E-state index contributed by atoms with van der Waals surface area (Å²) in [5.74, 6) is 0.00980. The number of hydrogen-bond acceptors (Lipinski definition) is 1. The second kappa shape index (κ2) is 7.05. The highest BCUT2D eigenvalue weighted by Gasteiger charge is 2.12. The van der Waals surface area contributed by atoms with Crippen LogP contribution >= 0.6 is 27.5 Å². The van der Waals surface area contributed by atoms with E-state index in [9.17, 15) is 4.79 Å². The molecule has 0 unspecified atom stereocenters. The van der Waals surface area contributed by atoms with Gasteiger partial charge < -0.3 is 0 Å². The molecule has 0 heterocycles. The van der Waals surface area contributed by atoms with Gasteiger partial charge in [0.2, 0.25) is 0 Å². The third kappa shape index (κ3) is 3.71. The van der Waals surface area contributed by atoms with E-state index in [1.54, 1.807) is 18.2 Å². The zero-order valence-electron chi connectivity index (χ0n) is 11.3. The van der Waals surface area contributed by atoms with Gasteiger partial charge in [-0.1, -0.05) is 49.2 Å². The molecular weight excluding hydrogens is 336 g/mol. The summed E-state index contributed by atoms with van der Waals surface area (Å²) in [5, 5.41) is 0.614. The Morgan fingerprint density at radius 2 is 1.85 bits per heavy atom. The predicted molar refractivity (Wildman–Crippen MR) is 87.6 cm³/mol. The van der Waals surface area contributed by atoms with Crippen molar-refractivity contribution in [1.29, 1.82) is 0 Å². The Morgan fingerprint density at radius 1 is 1.15 bits per heavy atom. The van der Waals surface area contributed by atoms with Crippen LogP contribution in [0.2, 0.25) is 5.02 Å². The molecule has 0 amide bonds. The van der Waals surface area contributed by atoms with Crippen molar-refractivity contribution in [2.75, 3.05) is 0 Å². The highest BCUT2D eigenvalue weighted by atomic mass is 79.9. The number of halogens is 2. The van der Waals surface area contributed by atoms with Crippen LogP contribution in [-0.4, -0.2) is 5.78 Å². The first-order valence-corrected chi connectivity index (χ1v) is 7.87. The van der Waals surface area contributed by atoms with Crippen LogP contribution in [0, 0.1) is 0 Å². The normalized spacial score (nSPS) is 10.6. The van der Waals surface area contributed by atoms with E-state index in [1.165, 1.54) is 18.4 Å². The Kier molecular flexibility index (Phi) is 5.38. The van der Waals surface area contributed by atoms with E-state index in [0.717, 1.165) is 10.9 Å². The zero-order chi connectivity index (χ0) is 14.5. The topological polar surface area (TPSA) is 17.1 Å². The van der Waals surface area contributed by atoms with E-state index in [2.05, 4.69) is 22.9 Å². The van der Waals surface area contributed by atoms with Gasteiger partial charge in [0.25, 0.3) is 0 Å². The van der Waals surface area contributed by atoms with E-state index < -0.39 is 0 Å². The van der Waals surface area contributed by atoms with Crippen LogP contribution in [0.25, 0.3) is 0 Å². The zero-order valence-corrected chi connectivity index (χ0v) is 13.7. The molecule has 20 heavy (non-hydrogen) atoms. The van der Waals surface area contributed by atoms with Gasteiger partial charge in [-0.15, -0.1) is 0 Å². The van der Waals surface area contributed by atoms with Crippen LogP contribution in [0.4, 0.5) is 0 Å². The Labute approximate surface area is 133 Å². The molecule has 0 aliphatic carbocycles. The van der Waals surface area contributed by atoms with Gasteiger partial charge in [-0.25, -0.2) is 0 Å². The molecular formula is C17H16BrClO. The van der Waals surface area contributed by atoms with Crippen LogP contribution in [-0.2, 0) is 6.42 Å². The SMILES string of the molecule is CCCCc1ccc(C(=O)c2ccc(Cl)cc2Br)cc1. The number of hydrogen-bond donors (Lipinski definition) is 0. The number of aryl methyl sites for hydroxylation is 1. The summed E-state index contributed by atoms with van der Waals surface area (Å²) in [4.78, 5) is 12.4. The number of benzene rings is 2. The molecule has 0 spiro atoms. The lowest BCUT2D eigenvalue weighted by Crippen LogP contribution is -2.02. The first-order chi connectivity index (χ1) is 9.61. The lowest BCUT2D eigenvalue weighted by atomic mass is 10.0. The first-order valence-electron chi connectivity index (χ1n) is 6.70. The van der Waals surface area contributed by atoms with Gasteiger partial charge in [0.1, 0.15) is 0 Å². The molecule has 2 aromatic rings. The fraction of sp³-hybridized carbons (Fsp3) is 0.235. The lowest BCUT2D eigenvalue weighted by Gasteiger charge is -2.06. The number of carbonyl (C=O) groups is 1. The third-order valence-corrected chi connectivity index (χ3v) is 4.10. The van der Waals surface area contributed by atoms with Gasteiger partial charge in [0, 0.05) is 20.6 Å². The smallest absolute Gasteiger partial charge is 0.194 e. The predicted octanol–water partition coefficient (Wildman–Crippen LogP) is 5.68. The Hall–Kier alpha value is -1.12. The maximum Gasteiger partial charge on any atom is 0.194 e. The van der Waals surface area contributed by atoms with Gasteiger partial charge in [-0.05, 0) is 52.5 Å². The molecule has 0 saturated heterocycles. The van der Waals surface area contributed by atoms with E-state index in [-0.39, 0.29) is 5.78 Å². The van der Waals surface area contributed by atoms with Crippen molar-refractivity contribution < 1.29 is 4.79 Å². The van der Waals surface area contributed by atoms with Gasteiger partial charge in [-0.3, -0.25) is 4.79 Å². The molecule has 0 aromatic heterocycles. The number of unbranched alkanes of at least 4 members (excludes halogenated alkanes) is 1. The van der Waals surface area contributed by atoms with Crippen molar-refractivity contribution in [3.05, 3.63) is 68.7 Å². The Bertz CT molecular complexity index is 605. The summed E-state index contributed by atoms with van der Waals surface area (Å²) in [6, 6.07) is 13.1. The molecule has 2 aromatic carbocycles. The molecule has 0 atom stereocenters.